The van der Waals surface area contributed by atoms with E-state index in [0.29, 0.717) is 0 Å². The molecule has 0 radical (unpaired) electrons. The van der Waals surface area contributed by atoms with Crippen molar-refractivity contribution in [3.05, 3.63) is 28.0 Å². The smallest absolute Gasteiger partial charge is 0.146 e. The topological polar surface area (TPSA) is 17.1 Å². The molecule has 1 heterocycles. The van der Waals surface area contributed by atoms with Gasteiger partial charge in [0.2, 0.25) is 0 Å². The zero-order chi connectivity index (χ0) is 8.39. The summed E-state index contributed by atoms with van der Waals surface area (Å²) in [6, 6.07) is 4.13. The highest BCUT2D eigenvalue weighted by Crippen LogP contribution is 2.34. The maximum absolute atomic E-state index is 10.7. The van der Waals surface area contributed by atoms with Gasteiger partial charge in [-0.25, -0.2) is 0 Å². The van der Waals surface area contributed by atoms with Gasteiger partial charge in [-0.05, 0) is 41.9 Å². The molecule has 0 unspecified atom stereocenters. The zero-order valence-corrected chi connectivity index (χ0v) is 7.56. The van der Waals surface area contributed by atoms with Gasteiger partial charge in [0.25, 0.3) is 0 Å². The van der Waals surface area contributed by atoms with Gasteiger partial charge in [0, 0.05) is 4.88 Å². The zero-order valence-electron chi connectivity index (χ0n) is 6.75. The van der Waals surface area contributed by atoms with Gasteiger partial charge in [0.1, 0.15) is 6.29 Å². The highest BCUT2D eigenvalue weighted by molar-refractivity contribution is 7.11. The molecule has 62 valence electrons. The van der Waals surface area contributed by atoms with Crippen LogP contribution in [0.4, 0.5) is 0 Å². The first-order chi connectivity index (χ1) is 5.92. The summed E-state index contributed by atoms with van der Waals surface area (Å²) >= 11 is 1.72. The highest BCUT2D eigenvalue weighted by Gasteiger charge is 2.15. The third kappa shape index (κ3) is 1.23. The minimum Gasteiger partial charge on any atom is -0.298 e. The summed E-state index contributed by atoms with van der Waals surface area (Å²) < 4.78 is 0. The number of hydrogen-bond acceptors (Lipinski definition) is 2. The second-order valence-corrected chi connectivity index (χ2v) is 3.90. The Bertz CT molecular complexity index is 309. The maximum Gasteiger partial charge on any atom is 0.146 e. The Balaban J connectivity index is 2.39. The first kappa shape index (κ1) is 7.74. The number of aldehydes is 1. The molecule has 1 aliphatic rings. The molecule has 0 N–H and O–H groups in total. The second kappa shape index (κ2) is 3.23. The van der Waals surface area contributed by atoms with Crippen molar-refractivity contribution in [1.29, 1.82) is 0 Å². The Hall–Kier alpha value is -0.890. The molecule has 0 spiro atoms. The number of carbonyl (C=O) groups is 1. The van der Waals surface area contributed by atoms with Crippen molar-refractivity contribution >= 4 is 23.2 Å². The van der Waals surface area contributed by atoms with Crippen LogP contribution in [0.15, 0.2) is 23.1 Å². The lowest BCUT2D eigenvalue weighted by molar-refractivity contribution is -0.104. The summed E-state index contributed by atoms with van der Waals surface area (Å²) in [6.07, 6.45) is 4.20. The van der Waals surface area contributed by atoms with E-state index < -0.39 is 0 Å². The Morgan fingerprint density at radius 1 is 1.42 bits per heavy atom. The van der Waals surface area contributed by atoms with Gasteiger partial charge in [-0.15, -0.1) is 11.3 Å². The van der Waals surface area contributed by atoms with Crippen molar-refractivity contribution in [2.45, 2.75) is 19.3 Å². The molecule has 2 rings (SSSR count). The van der Waals surface area contributed by atoms with Gasteiger partial charge >= 0.3 is 0 Å². The average Bonchev–Trinajstić information content (AvgIpc) is 2.74. The fourth-order valence-corrected chi connectivity index (χ4v) is 2.47. The van der Waals surface area contributed by atoms with E-state index >= 15 is 0 Å². The number of carbonyl (C=O) groups excluding carboxylic acids is 1. The van der Waals surface area contributed by atoms with Gasteiger partial charge in [0.05, 0.1) is 0 Å². The van der Waals surface area contributed by atoms with E-state index in [4.69, 9.17) is 0 Å². The molecule has 0 saturated carbocycles. The van der Waals surface area contributed by atoms with Crippen molar-refractivity contribution in [3.8, 4) is 0 Å². The molecule has 0 amide bonds. The van der Waals surface area contributed by atoms with E-state index in [1.807, 2.05) is 6.07 Å². The molecule has 1 nitrogen and oxygen atoms in total. The number of hydrogen-bond donors (Lipinski definition) is 0. The molecule has 0 fully saturated rings. The van der Waals surface area contributed by atoms with Gasteiger partial charge < -0.3 is 0 Å². The molecular weight excluding hydrogens is 168 g/mol. The lowest BCUT2D eigenvalue weighted by Gasteiger charge is -1.97. The van der Waals surface area contributed by atoms with Crippen LogP contribution in [0.1, 0.15) is 24.1 Å². The summed E-state index contributed by atoms with van der Waals surface area (Å²) in [7, 11) is 0. The van der Waals surface area contributed by atoms with Crippen LogP contribution in [-0.2, 0) is 4.79 Å². The Morgan fingerprint density at radius 2 is 2.33 bits per heavy atom. The minimum atomic E-state index is 0.969. The lowest BCUT2D eigenvalue weighted by Crippen LogP contribution is -1.81. The van der Waals surface area contributed by atoms with Crippen molar-refractivity contribution in [3.63, 3.8) is 0 Å². The largest absolute Gasteiger partial charge is 0.298 e. The van der Waals surface area contributed by atoms with Crippen LogP contribution in [0.5, 0.6) is 0 Å². The van der Waals surface area contributed by atoms with E-state index in [1.54, 1.807) is 11.3 Å². The molecule has 0 aliphatic heterocycles. The van der Waals surface area contributed by atoms with Crippen LogP contribution in [0.3, 0.4) is 0 Å². The van der Waals surface area contributed by atoms with Crippen LogP contribution < -0.4 is 0 Å². The van der Waals surface area contributed by atoms with E-state index in [-0.39, 0.29) is 0 Å². The van der Waals surface area contributed by atoms with Crippen LogP contribution in [0.2, 0.25) is 0 Å². The lowest BCUT2D eigenvalue weighted by atomic mass is 10.1. The minimum absolute atomic E-state index is 0.969. The Kier molecular flexibility index (Phi) is 2.09. The summed E-state index contributed by atoms with van der Waals surface area (Å²) in [5.74, 6) is 0. The first-order valence-corrected chi connectivity index (χ1v) is 5.01. The second-order valence-electron chi connectivity index (χ2n) is 2.95. The van der Waals surface area contributed by atoms with Crippen molar-refractivity contribution in [2.24, 2.45) is 0 Å². The monoisotopic (exact) mass is 178 g/mol. The van der Waals surface area contributed by atoms with Gasteiger partial charge in [0.15, 0.2) is 0 Å². The molecule has 0 saturated heterocycles. The quantitative estimate of drug-likeness (QED) is 0.636. The molecule has 2 heteroatoms. The van der Waals surface area contributed by atoms with E-state index in [1.165, 1.54) is 10.5 Å². The third-order valence-corrected chi connectivity index (χ3v) is 3.15. The molecule has 1 aromatic heterocycles. The van der Waals surface area contributed by atoms with E-state index in [0.717, 1.165) is 31.1 Å². The summed E-state index contributed by atoms with van der Waals surface area (Å²) in [5.41, 5.74) is 2.29. The van der Waals surface area contributed by atoms with Crippen LogP contribution >= 0.6 is 11.3 Å². The van der Waals surface area contributed by atoms with Crippen LogP contribution in [0.25, 0.3) is 5.57 Å². The molecule has 12 heavy (non-hydrogen) atoms. The summed E-state index contributed by atoms with van der Waals surface area (Å²) in [4.78, 5) is 11.9. The molecule has 0 bridgehead atoms. The van der Waals surface area contributed by atoms with Crippen LogP contribution in [0, 0.1) is 0 Å². The number of allylic oxidation sites excluding steroid dienone is 2. The van der Waals surface area contributed by atoms with E-state index in [2.05, 4.69) is 11.4 Å². The Morgan fingerprint density at radius 3 is 3.00 bits per heavy atom. The highest BCUT2D eigenvalue weighted by atomic mass is 32.1. The molecule has 0 aromatic carbocycles. The standard InChI is InChI=1S/C10H10OS/c11-7-8-3-1-4-9(8)10-5-2-6-12-10/h2,5-7H,1,3-4H2. The fourth-order valence-electron chi connectivity index (χ4n) is 1.63. The molecule has 1 aromatic rings. The molecule has 0 atom stereocenters. The predicted molar refractivity (Wildman–Crippen MR) is 51.2 cm³/mol. The van der Waals surface area contributed by atoms with Gasteiger partial charge in [-0.3, -0.25) is 4.79 Å². The molecule has 1 aliphatic carbocycles. The third-order valence-electron chi connectivity index (χ3n) is 2.22. The normalized spacial score (nSPS) is 17.0. The SMILES string of the molecule is O=CC1=C(c2cccs2)CCC1. The van der Waals surface area contributed by atoms with Gasteiger partial charge in [-0.1, -0.05) is 6.07 Å². The summed E-state index contributed by atoms with van der Waals surface area (Å²) in [6.45, 7) is 0. The van der Waals surface area contributed by atoms with E-state index in [9.17, 15) is 4.79 Å². The van der Waals surface area contributed by atoms with Crippen molar-refractivity contribution < 1.29 is 4.79 Å². The maximum atomic E-state index is 10.7. The fraction of sp³-hybridized carbons (Fsp3) is 0.300. The number of rotatable bonds is 2. The summed E-state index contributed by atoms with van der Waals surface area (Å²) in [5, 5.41) is 2.06. The average molecular weight is 178 g/mol. The van der Waals surface area contributed by atoms with Crippen molar-refractivity contribution in [2.75, 3.05) is 0 Å². The van der Waals surface area contributed by atoms with Gasteiger partial charge in [-0.2, -0.15) is 0 Å². The molecular formula is C10H10OS. The van der Waals surface area contributed by atoms with Crippen molar-refractivity contribution in [1.82, 2.24) is 0 Å². The predicted octanol–water partition coefficient (Wildman–Crippen LogP) is 2.88. The first-order valence-electron chi connectivity index (χ1n) is 4.13. The number of thiophene rings is 1. The van der Waals surface area contributed by atoms with Crippen LogP contribution in [-0.4, -0.2) is 6.29 Å². The Labute approximate surface area is 75.7 Å².